The lowest BCUT2D eigenvalue weighted by Crippen LogP contribution is -2.25. The molecule has 0 saturated heterocycles. The minimum absolute atomic E-state index is 0.191. The van der Waals surface area contributed by atoms with E-state index in [1.54, 1.807) is 5.41 Å². The topological polar surface area (TPSA) is 32.6 Å². The van der Waals surface area contributed by atoms with Crippen molar-refractivity contribution in [3.8, 4) is 0 Å². The van der Waals surface area contributed by atoms with Gasteiger partial charge in [0.15, 0.2) is 0 Å². The molecule has 0 aliphatic heterocycles. The number of thiol groups is 1. The lowest BCUT2D eigenvalue weighted by molar-refractivity contribution is 0.0870. The Morgan fingerprint density at radius 3 is 2.50 bits per heavy atom. The molecular weight excluding hydrogens is 194 g/mol. The number of hydrogen-bond acceptors (Lipinski definition) is 3. The maximum absolute atomic E-state index is 9.84. The third-order valence-corrected chi connectivity index (χ3v) is 2.86. The van der Waals surface area contributed by atoms with Crippen LogP contribution in [-0.2, 0) is 0 Å². The van der Waals surface area contributed by atoms with E-state index in [0.29, 0.717) is 0 Å². The van der Waals surface area contributed by atoms with Crippen LogP contribution in [0.3, 0.4) is 0 Å². The quantitative estimate of drug-likeness (QED) is 0.536. The predicted molar refractivity (Wildman–Crippen MR) is 63.8 cm³/mol. The Morgan fingerprint density at radius 1 is 1.36 bits per heavy atom. The van der Waals surface area contributed by atoms with Crippen LogP contribution >= 0.6 is 12.6 Å². The summed E-state index contributed by atoms with van der Waals surface area (Å²) in [5.74, 6) is 0.191. The lowest BCUT2D eigenvalue weighted by Gasteiger charge is -2.27. The first-order valence-corrected chi connectivity index (χ1v) is 5.71. The minimum atomic E-state index is -0.231. The molecule has 1 N–H and O–H groups in total. The van der Waals surface area contributed by atoms with Crippen molar-refractivity contribution in [2.75, 3.05) is 0 Å². The first-order chi connectivity index (χ1) is 6.65. The Hall–Kier alpha value is -0.280. The number of aliphatic hydroxyl groups is 1. The fourth-order valence-electron chi connectivity index (χ4n) is 1.92. The number of aliphatic imine (C=N–C) groups is 1. The Labute approximate surface area is 91.5 Å². The maximum atomic E-state index is 9.84. The molecule has 0 aromatic carbocycles. The van der Waals surface area contributed by atoms with Gasteiger partial charge in [-0.15, -0.1) is 12.6 Å². The molecule has 1 saturated carbocycles. The summed E-state index contributed by atoms with van der Waals surface area (Å²) >= 11 is 4.16. The number of nitrogens with zero attached hydrogens (tertiary/aromatic N) is 1. The van der Waals surface area contributed by atoms with Gasteiger partial charge in [0.2, 0.25) is 0 Å². The van der Waals surface area contributed by atoms with E-state index in [0.717, 1.165) is 30.7 Å². The molecule has 0 amide bonds. The second kappa shape index (κ2) is 5.56. The molecule has 0 heterocycles. The van der Waals surface area contributed by atoms with Gasteiger partial charge in [-0.05, 0) is 32.1 Å². The van der Waals surface area contributed by atoms with Crippen LogP contribution in [0.1, 0.15) is 39.5 Å². The van der Waals surface area contributed by atoms with Gasteiger partial charge in [0, 0.05) is 11.6 Å². The highest BCUT2D eigenvalue weighted by atomic mass is 32.1. The van der Waals surface area contributed by atoms with Crippen molar-refractivity contribution in [2.24, 2.45) is 10.9 Å². The molecule has 80 valence electrons. The standard InChI is InChI=1S/C11H19NOS/c1-8(2)12-10(7-14)9-5-3-4-6-11(9)13/h7,9,11,13-14H,3-6H2,1-2H3/b10-7-. The molecule has 0 bridgehead atoms. The van der Waals surface area contributed by atoms with E-state index in [9.17, 15) is 5.11 Å². The minimum Gasteiger partial charge on any atom is -0.392 e. The molecule has 3 heteroatoms. The van der Waals surface area contributed by atoms with E-state index >= 15 is 0 Å². The number of rotatable bonds is 2. The third kappa shape index (κ3) is 3.14. The Kier molecular flexibility index (Phi) is 4.69. The maximum Gasteiger partial charge on any atom is 0.0624 e. The number of aliphatic hydroxyl groups excluding tert-OH is 1. The van der Waals surface area contributed by atoms with E-state index in [2.05, 4.69) is 17.6 Å². The van der Waals surface area contributed by atoms with Crippen molar-refractivity contribution in [2.45, 2.75) is 45.6 Å². The molecule has 2 unspecified atom stereocenters. The van der Waals surface area contributed by atoms with Gasteiger partial charge in [0.05, 0.1) is 11.8 Å². The van der Waals surface area contributed by atoms with Gasteiger partial charge < -0.3 is 5.11 Å². The summed E-state index contributed by atoms with van der Waals surface area (Å²) in [4.78, 5) is 4.41. The van der Waals surface area contributed by atoms with E-state index in [4.69, 9.17) is 0 Å². The molecule has 1 aliphatic rings. The van der Waals surface area contributed by atoms with Crippen LogP contribution in [0.15, 0.2) is 16.1 Å². The molecule has 1 fully saturated rings. The zero-order valence-electron chi connectivity index (χ0n) is 8.90. The van der Waals surface area contributed by atoms with Crippen molar-refractivity contribution < 1.29 is 5.11 Å². The van der Waals surface area contributed by atoms with Gasteiger partial charge in [0.1, 0.15) is 0 Å². The molecular formula is C11H19NOS. The van der Waals surface area contributed by atoms with Crippen molar-refractivity contribution in [1.82, 2.24) is 0 Å². The average Bonchev–Trinajstić information content (AvgIpc) is 2.15. The van der Waals surface area contributed by atoms with Crippen molar-refractivity contribution in [3.05, 3.63) is 11.1 Å². The fourth-order valence-corrected chi connectivity index (χ4v) is 2.17. The Bertz CT molecular complexity index is 244. The SMILES string of the molecule is CC(C)=N/C(=C\S)C1CCCCC1O. The zero-order chi connectivity index (χ0) is 10.6. The average molecular weight is 213 g/mol. The number of hydrogen-bond donors (Lipinski definition) is 2. The summed E-state index contributed by atoms with van der Waals surface area (Å²) in [5.41, 5.74) is 1.95. The van der Waals surface area contributed by atoms with Crippen molar-refractivity contribution in [3.63, 3.8) is 0 Å². The smallest absolute Gasteiger partial charge is 0.0624 e. The highest BCUT2D eigenvalue weighted by Gasteiger charge is 2.25. The fraction of sp³-hybridized carbons (Fsp3) is 0.727. The van der Waals surface area contributed by atoms with E-state index in [-0.39, 0.29) is 12.0 Å². The second-order valence-corrected chi connectivity index (χ2v) is 4.33. The van der Waals surface area contributed by atoms with Gasteiger partial charge in [-0.1, -0.05) is 12.8 Å². The first kappa shape index (κ1) is 11.8. The van der Waals surface area contributed by atoms with Gasteiger partial charge in [0.25, 0.3) is 0 Å². The normalized spacial score (nSPS) is 28.7. The zero-order valence-corrected chi connectivity index (χ0v) is 9.80. The van der Waals surface area contributed by atoms with Crippen LogP contribution in [0.25, 0.3) is 0 Å². The highest BCUT2D eigenvalue weighted by molar-refractivity contribution is 7.83. The van der Waals surface area contributed by atoms with Gasteiger partial charge in [-0.25, -0.2) is 0 Å². The van der Waals surface area contributed by atoms with Crippen molar-refractivity contribution >= 4 is 18.3 Å². The summed E-state index contributed by atoms with van der Waals surface area (Å²) in [6.45, 7) is 3.93. The summed E-state index contributed by atoms with van der Waals surface area (Å²) in [6, 6.07) is 0. The summed E-state index contributed by atoms with van der Waals surface area (Å²) in [7, 11) is 0. The molecule has 1 rings (SSSR count). The van der Waals surface area contributed by atoms with Crippen LogP contribution < -0.4 is 0 Å². The Morgan fingerprint density at radius 2 is 2.00 bits per heavy atom. The van der Waals surface area contributed by atoms with Gasteiger partial charge in [-0.3, -0.25) is 4.99 Å². The Balaban J connectivity index is 2.73. The largest absolute Gasteiger partial charge is 0.392 e. The van der Waals surface area contributed by atoms with Gasteiger partial charge >= 0.3 is 0 Å². The van der Waals surface area contributed by atoms with Crippen LogP contribution in [0.4, 0.5) is 0 Å². The molecule has 1 aliphatic carbocycles. The van der Waals surface area contributed by atoms with Crippen LogP contribution in [0.2, 0.25) is 0 Å². The second-order valence-electron chi connectivity index (χ2n) is 4.07. The molecule has 2 nitrogen and oxygen atoms in total. The van der Waals surface area contributed by atoms with Crippen LogP contribution in [0.5, 0.6) is 0 Å². The molecule has 0 aromatic rings. The van der Waals surface area contributed by atoms with Crippen LogP contribution in [0, 0.1) is 5.92 Å². The van der Waals surface area contributed by atoms with Gasteiger partial charge in [-0.2, -0.15) is 0 Å². The van der Waals surface area contributed by atoms with Crippen molar-refractivity contribution in [1.29, 1.82) is 0 Å². The summed E-state index contributed by atoms with van der Waals surface area (Å²) in [6.07, 6.45) is 4.01. The van der Waals surface area contributed by atoms with E-state index in [1.807, 2.05) is 13.8 Å². The van der Waals surface area contributed by atoms with E-state index in [1.165, 1.54) is 6.42 Å². The molecule has 0 radical (unpaired) electrons. The van der Waals surface area contributed by atoms with E-state index < -0.39 is 0 Å². The molecule has 14 heavy (non-hydrogen) atoms. The predicted octanol–water partition coefficient (Wildman–Crippen LogP) is 2.79. The molecule has 0 spiro atoms. The van der Waals surface area contributed by atoms with Crippen LogP contribution in [-0.4, -0.2) is 16.9 Å². The highest BCUT2D eigenvalue weighted by Crippen LogP contribution is 2.31. The monoisotopic (exact) mass is 213 g/mol. The molecule has 2 atom stereocenters. The first-order valence-electron chi connectivity index (χ1n) is 5.19. The molecule has 0 aromatic heterocycles. The summed E-state index contributed by atoms with van der Waals surface area (Å²) in [5, 5.41) is 11.6. The lowest BCUT2D eigenvalue weighted by atomic mass is 9.85. The summed E-state index contributed by atoms with van der Waals surface area (Å²) < 4.78 is 0. The third-order valence-electron chi connectivity index (χ3n) is 2.59.